The van der Waals surface area contributed by atoms with Crippen LogP contribution in [-0.2, 0) is 4.74 Å². The number of allylic oxidation sites excluding steroid dienone is 7. The Morgan fingerprint density at radius 1 is 1.06 bits per heavy atom. The van der Waals surface area contributed by atoms with Crippen LogP contribution in [0.2, 0.25) is 0 Å². The number of ether oxygens (including phenoxy) is 1. The zero-order valence-corrected chi connectivity index (χ0v) is 11.5. The van der Waals surface area contributed by atoms with Gasteiger partial charge in [-0.25, -0.2) is 0 Å². The van der Waals surface area contributed by atoms with Crippen molar-refractivity contribution in [3.8, 4) is 0 Å². The lowest BCUT2D eigenvalue weighted by molar-refractivity contribution is 0.234. The molecule has 0 aromatic carbocycles. The lowest BCUT2D eigenvalue weighted by atomic mass is 10.00. The molecule has 0 heterocycles. The smallest absolute Gasteiger partial charge is 0.106 e. The van der Waals surface area contributed by atoms with E-state index in [2.05, 4.69) is 52.0 Å². The van der Waals surface area contributed by atoms with Crippen LogP contribution in [-0.4, -0.2) is 6.61 Å². The summed E-state index contributed by atoms with van der Waals surface area (Å²) in [5.74, 6) is 1.11. The van der Waals surface area contributed by atoms with Gasteiger partial charge < -0.3 is 4.74 Å². The molecular weight excluding hydrogens is 208 g/mol. The van der Waals surface area contributed by atoms with Crippen LogP contribution in [0.4, 0.5) is 0 Å². The van der Waals surface area contributed by atoms with Crippen molar-refractivity contribution in [3.63, 3.8) is 0 Å². The second kappa shape index (κ2) is 7.16. The average molecular weight is 232 g/mol. The first kappa shape index (κ1) is 13.8. The van der Waals surface area contributed by atoms with Crippen LogP contribution in [0.1, 0.15) is 47.0 Å². The molecular formula is C16H24O. The highest BCUT2D eigenvalue weighted by Crippen LogP contribution is 2.22. The number of rotatable bonds is 5. The van der Waals surface area contributed by atoms with E-state index in [0.717, 1.165) is 25.0 Å². The van der Waals surface area contributed by atoms with Crippen LogP contribution in [0, 0.1) is 0 Å². The van der Waals surface area contributed by atoms with Gasteiger partial charge in [0.1, 0.15) is 6.61 Å². The molecule has 0 unspecified atom stereocenters. The third-order valence-electron chi connectivity index (χ3n) is 2.73. The van der Waals surface area contributed by atoms with Gasteiger partial charge in [-0.2, -0.15) is 0 Å². The first-order valence-corrected chi connectivity index (χ1v) is 6.36. The fourth-order valence-corrected chi connectivity index (χ4v) is 1.60. The van der Waals surface area contributed by atoms with Gasteiger partial charge in [0.25, 0.3) is 0 Å². The van der Waals surface area contributed by atoms with Crippen molar-refractivity contribution in [3.05, 3.63) is 46.8 Å². The molecule has 0 saturated carbocycles. The lowest BCUT2D eigenvalue weighted by Crippen LogP contribution is -1.98. The molecule has 0 aromatic heterocycles. The minimum absolute atomic E-state index is 0.700. The first-order valence-electron chi connectivity index (χ1n) is 6.36. The Kier molecular flexibility index (Phi) is 5.82. The van der Waals surface area contributed by atoms with Gasteiger partial charge in [0.05, 0.1) is 5.76 Å². The van der Waals surface area contributed by atoms with Crippen molar-refractivity contribution in [2.24, 2.45) is 0 Å². The summed E-state index contributed by atoms with van der Waals surface area (Å²) in [6.45, 7) is 9.18. The SMILES string of the molecule is CC(C)=CCOC1=CC=C(CC=C(C)C)CC1. The molecule has 0 bridgehead atoms. The van der Waals surface area contributed by atoms with Gasteiger partial charge in [-0.3, -0.25) is 0 Å². The van der Waals surface area contributed by atoms with Crippen LogP contribution < -0.4 is 0 Å². The maximum Gasteiger partial charge on any atom is 0.106 e. The normalized spacial score (nSPS) is 14.6. The molecule has 0 N–H and O–H groups in total. The van der Waals surface area contributed by atoms with Crippen molar-refractivity contribution in [2.45, 2.75) is 47.0 Å². The predicted octanol–water partition coefficient (Wildman–Crippen LogP) is 4.93. The van der Waals surface area contributed by atoms with Crippen molar-refractivity contribution in [1.29, 1.82) is 0 Å². The molecule has 1 nitrogen and oxygen atoms in total. The fraction of sp³-hybridized carbons (Fsp3) is 0.500. The zero-order valence-electron chi connectivity index (χ0n) is 11.5. The van der Waals surface area contributed by atoms with Crippen LogP contribution in [0.5, 0.6) is 0 Å². The van der Waals surface area contributed by atoms with E-state index in [1.807, 2.05) is 0 Å². The quantitative estimate of drug-likeness (QED) is 0.611. The summed E-state index contributed by atoms with van der Waals surface area (Å²) in [5, 5.41) is 0. The number of hydrogen-bond acceptors (Lipinski definition) is 1. The van der Waals surface area contributed by atoms with Crippen LogP contribution in [0.15, 0.2) is 46.8 Å². The molecule has 0 aromatic rings. The molecule has 0 amide bonds. The summed E-state index contributed by atoms with van der Waals surface area (Å²) < 4.78 is 5.69. The highest BCUT2D eigenvalue weighted by atomic mass is 16.5. The van der Waals surface area contributed by atoms with E-state index in [9.17, 15) is 0 Å². The van der Waals surface area contributed by atoms with Crippen LogP contribution in [0.25, 0.3) is 0 Å². The summed E-state index contributed by atoms with van der Waals surface area (Å²) >= 11 is 0. The molecule has 1 heteroatoms. The van der Waals surface area contributed by atoms with Crippen molar-refractivity contribution < 1.29 is 4.74 Å². The van der Waals surface area contributed by atoms with E-state index in [1.165, 1.54) is 16.7 Å². The molecule has 1 rings (SSSR count). The van der Waals surface area contributed by atoms with E-state index < -0.39 is 0 Å². The van der Waals surface area contributed by atoms with Crippen LogP contribution in [0.3, 0.4) is 0 Å². The lowest BCUT2D eigenvalue weighted by Gasteiger charge is -2.14. The van der Waals surface area contributed by atoms with E-state index in [-0.39, 0.29) is 0 Å². The molecule has 0 atom stereocenters. The largest absolute Gasteiger partial charge is 0.494 e. The van der Waals surface area contributed by atoms with Crippen molar-refractivity contribution in [2.75, 3.05) is 6.61 Å². The maximum atomic E-state index is 5.69. The minimum Gasteiger partial charge on any atom is -0.494 e. The van der Waals surface area contributed by atoms with E-state index in [0.29, 0.717) is 6.61 Å². The summed E-state index contributed by atoms with van der Waals surface area (Å²) in [5.41, 5.74) is 4.20. The molecule has 94 valence electrons. The average Bonchev–Trinajstić information content (AvgIpc) is 2.27. The zero-order chi connectivity index (χ0) is 12.7. The molecule has 0 spiro atoms. The first-order chi connectivity index (χ1) is 8.08. The molecule has 0 fully saturated rings. The van der Waals surface area contributed by atoms with Gasteiger partial charge in [-0.15, -0.1) is 0 Å². The number of hydrogen-bond donors (Lipinski definition) is 0. The predicted molar refractivity (Wildman–Crippen MR) is 74.8 cm³/mol. The second-order valence-electron chi connectivity index (χ2n) is 5.04. The Morgan fingerprint density at radius 3 is 2.29 bits per heavy atom. The minimum atomic E-state index is 0.700. The topological polar surface area (TPSA) is 9.23 Å². The molecule has 0 radical (unpaired) electrons. The van der Waals surface area contributed by atoms with E-state index in [1.54, 1.807) is 0 Å². The highest BCUT2D eigenvalue weighted by molar-refractivity contribution is 5.23. The summed E-state index contributed by atoms with van der Waals surface area (Å²) in [4.78, 5) is 0. The van der Waals surface area contributed by atoms with E-state index >= 15 is 0 Å². The van der Waals surface area contributed by atoms with E-state index in [4.69, 9.17) is 4.74 Å². The Morgan fingerprint density at radius 2 is 1.76 bits per heavy atom. The summed E-state index contributed by atoms with van der Waals surface area (Å²) in [6, 6.07) is 0. The van der Waals surface area contributed by atoms with Crippen LogP contribution >= 0.6 is 0 Å². The molecule has 1 aliphatic rings. The highest BCUT2D eigenvalue weighted by Gasteiger charge is 2.05. The maximum absolute atomic E-state index is 5.69. The third-order valence-corrected chi connectivity index (χ3v) is 2.73. The van der Waals surface area contributed by atoms with Gasteiger partial charge in [0.15, 0.2) is 0 Å². The molecule has 0 aliphatic heterocycles. The summed E-state index contributed by atoms with van der Waals surface area (Å²) in [7, 11) is 0. The van der Waals surface area contributed by atoms with Gasteiger partial charge in [-0.1, -0.05) is 28.9 Å². The monoisotopic (exact) mass is 232 g/mol. The van der Waals surface area contributed by atoms with Crippen molar-refractivity contribution in [1.82, 2.24) is 0 Å². The fourth-order valence-electron chi connectivity index (χ4n) is 1.60. The van der Waals surface area contributed by atoms with Gasteiger partial charge in [0, 0.05) is 6.42 Å². The molecule has 0 saturated heterocycles. The van der Waals surface area contributed by atoms with Crippen molar-refractivity contribution >= 4 is 0 Å². The Hall–Kier alpha value is -1.24. The third kappa shape index (κ3) is 6.15. The van der Waals surface area contributed by atoms with Gasteiger partial charge in [-0.05, 0) is 52.7 Å². The van der Waals surface area contributed by atoms with Gasteiger partial charge in [0.2, 0.25) is 0 Å². The Bertz CT molecular complexity index is 359. The second-order valence-corrected chi connectivity index (χ2v) is 5.04. The Balaban J connectivity index is 2.42. The standard InChI is InChI=1S/C16H24O/c1-13(2)5-6-15-7-9-16(10-8-15)17-12-11-14(3)4/h5,7,9,11H,6,8,10,12H2,1-4H3. The molecule has 1 aliphatic carbocycles. The van der Waals surface area contributed by atoms with Gasteiger partial charge >= 0.3 is 0 Å². The Labute approximate surface area is 106 Å². The molecule has 17 heavy (non-hydrogen) atoms. The summed E-state index contributed by atoms with van der Waals surface area (Å²) in [6.07, 6.45) is 12.0.